The van der Waals surface area contributed by atoms with Gasteiger partial charge in [0.15, 0.2) is 0 Å². The van der Waals surface area contributed by atoms with Gasteiger partial charge in [-0.25, -0.2) is 9.97 Å². The van der Waals surface area contributed by atoms with Crippen LogP contribution in [0.25, 0.3) is 0 Å². The SMILES string of the molecule is CCCCNc1nc(C)nc(NCCC)c1C. The number of rotatable bonds is 7. The maximum absolute atomic E-state index is 4.45. The fraction of sp³-hybridized carbons (Fsp3) is 0.692. The van der Waals surface area contributed by atoms with Crippen molar-refractivity contribution < 1.29 is 0 Å². The normalized spacial score (nSPS) is 10.4. The Hall–Kier alpha value is -1.32. The van der Waals surface area contributed by atoms with Gasteiger partial charge < -0.3 is 10.6 Å². The Morgan fingerprint density at radius 1 is 0.882 bits per heavy atom. The monoisotopic (exact) mass is 236 g/mol. The van der Waals surface area contributed by atoms with Crippen molar-refractivity contribution in [3.63, 3.8) is 0 Å². The van der Waals surface area contributed by atoms with Crippen molar-refractivity contribution in [2.24, 2.45) is 0 Å². The van der Waals surface area contributed by atoms with Crippen LogP contribution in [0.15, 0.2) is 0 Å². The quantitative estimate of drug-likeness (QED) is 0.714. The summed E-state index contributed by atoms with van der Waals surface area (Å²) in [6.07, 6.45) is 3.46. The van der Waals surface area contributed by atoms with Crippen LogP contribution in [-0.2, 0) is 0 Å². The number of hydrogen-bond donors (Lipinski definition) is 2. The third-order valence-corrected chi connectivity index (χ3v) is 2.62. The van der Waals surface area contributed by atoms with E-state index < -0.39 is 0 Å². The molecular weight excluding hydrogens is 212 g/mol. The molecule has 0 saturated carbocycles. The lowest BCUT2D eigenvalue weighted by Crippen LogP contribution is -2.11. The Morgan fingerprint density at radius 2 is 1.47 bits per heavy atom. The van der Waals surface area contributed by atoms with Crippen LogP contribution in [-0.4, -0.2) is 23.1 Å². The van der Waals surface area contributed by atoms with Gasteiger partial charge in [-0.15, -0.1) is 0 Å². The summed E-state index contributed by atoms with van der Waals surface area (Å²) in [7, 11) is 0. The Morgan fingerprint density at radius 3 is 2.00 bits per heavy atom. The number of unbranched alkanes of at least 4 members (excludes halogenated alkanes) is 1. The van der Waals surface area contributed by atoms with Crippen molar-refractivity contribution in [3.8, 4) is 0 Å². The third kappa shape index (κ3) is 4.21. The van der Waals surface area contributed by atoms with Gasteiger partial charge >= 0.3 is 0 Å². The minimum Gasteiger partial charge on any atom is -0.370 e. The predicted octanol–water partition coefficient (Wildman–Crippen LogP) is 3.13. The molecule has 0 fully saturated rings. The maximum atomic E-state index is 4.45. The Labute approximate surface area is 104 Å². The second kappa shape index (κ2) is 7.09. The van der Waals surface area contributed by atoms with Gasteiger partial charge in [0.2, 0.25) is 0 Å². The van der Waals surface area contributed by atoms with Crippen LogP contribution < -0.4 is 10.6 Å². The van der Waals surface area contributed by atoms with Crippen molar-refractivity contribution in [1.29, 1.82) is 0 Å². The van der Waals surface area contributed by atoms with Crippen molar-refractivity contribution in [2.75, 3.05) is 23.7 Å². The molecule has 0 spiro atoms. The molecule has 2 N–H and O–H groups in total. The summed E-state index contributed by atoms with van der Waals surface area (Å²) >= 11 is 0. The molecule has 0 aliphatic carbocycles. The van der Waals surface area contributed by atoms with E-state index in [0.717, 1.165) is 42.5 Å². The summed E-state index contributed by atoms with van der Waals surface area (Å²) in [5.74, 6) is 2.73. The average molecular weight is 236 g/mol. The second-order valence-corrected chi connectivity index (χ2v) is 4.30. The van der Waals surface area contributed by atoms with Crippen LogP contribution in [0, 0.1) is 13.8 Å². The minimum atomic E-state index is 0.813. The highest BCUT2D eigenvalue weighted by atomic mass is 15.1. The molecule has 0 saturated heterocycles. The Balaban J connectivity index is 2.77. The van der Waals surface area contributed by atoms with E-state index in [1.54, 1.807) is 0 Å². The molecule has 0 radical (unpaired) electrons. The zero-order chi connectivity index (χ0) is 12.7. The third-order valence-electron chi connectivity index (χ3n) is 2.62. The predicted molar refractivity (Wildman–Crippen MR) is 73.7 cm³/mol. The first-order valence-corrected chi connectivity index (χ1v) is 6.52. The van der Waals surface area contributed by atoms with Crippen LogP contribution in [0.4, 0.5) is 11.6 Å². The zero-order valence-corrected chi connectivity index (χ0v) is 11.4. The smallest absolute Gasteiger partial charge is 0.134 e. The van der Waals surface area contributed by atoms with Crippen molar-refractivity contribution in [3.05, 3.63) is 11.4 Å². The molecule has 1 heterocycles. The topological polar surface area (TPSA) is 49.8 Å². The first-order valence-electron chi connectivity index (χ1n) is 6.52. The molecule has 0 amide bonds. The van der Waals surface area contributed by atoms with E-state index >= 15 is 0 Å². The van der Waals surface area contributed by atoms with Crippen LogP contribution in [0.1, 0.15) is 44.5 Å². The van der Waals surface area contributed by atoms with Crippen LogP contribution in [0.3, 0.4) is 0 Å². The number of hydrogen-bond acceptors (Lipinski definition) is 4. The summed E-state index contributed by atoms with van der Waals surface area (Å²) in [5.41, 5.74) is 1.11. The van der Waals surface area contributed by atoms with Gasteiger partial charge in [0, 0.05) is 18.7 Å². The highest BCUT2D eigenvalue weighted by Crippen LogP contribution is 2.19. The van der Waals surface area contributed by atoms with Gasteiger partial charge in [0.1, 0.15) is 17.5 Å². The van der Waals surface area contributed by atoms with E-state index in [9.17, 15) is 0 Å². The van der Waals surface area contributed by atoms with Gasteiger partial charge in [-0.05, 0) is 26.7 Å². The van der Waals surface area contributed by atoms with Crippen molar-refractivity contribution in [1.82, 2.24) is 9.97 Å². The molecule has 0 aliphatic rings. The van der Waals surface area contributed by atoms with Gasteiger partial charge in [-0.3, -0.25) is 0 Å². The van der Waals surface area contributed by atoms with Crippen LogP contribution in [0.5, 0.6) is 0 Å². The van der Waals surface area contributed by atoms with E-state index in [1.165, 1.54) is 12.8 Å². The van der Waals surface area contributed by atoms with E-state index in [1.807, 2.05) is 6.92 Å². The molecule has 0 aliphatic heterocycles. The van der Waals surface area contributed by atoms with E-state index in [-0.39, 0.29) is 0 Å². The number of anilines is 2. The van der Waals surface area contributed by atoms with Crippen LogP contribution in [0.2, 0.25) is 0 Å². The van der Waals surface area contributed by atoms with Gasteiger partial charge in [-0.2, -0.15) is 0 Å². The summed E-state index contributed by atoms with van der Waals surface area (Å²) in [6.45, 7) is 10.3. The molecule has 0 bridgehead atoms. The number of aryl methyl sites for hydroxylation is 1. The average Bonchev–Trinajstić information content (AvgIpc) is 2.31. The molecule has 4 nitrogen and oxygen atoms in total. The highest BCUT2D eigenvalue weighted by Gasteiger charge is 2.07. The van der Waals surface area contributed by atoms with Gasteiger partial charge in [0.25, 0.3) is 0 Å². The lowest BCUT2D eigenvalue weighted by atomic mass is 10.2. The van der Waals surface area contributed by atoms with Gasteiger partial charge in [-0.1, -0.05) is 20.3 Å². The molecule has 1 aromatic heterocycles. The van der Waals surface area contributed by atoms with E-state index in [0.29, 0.717) is 0 Å². The molecular formula is C13H24N4. The van der Waals surface area contributed by atoms with E-state index in [2.05, 4.69) is 41.4 Å². The second-order valence-electron chi connectivity index (χ2n) is 4.30. The number of nitrogens with zero attached hydrogens (tertiary/aromatic N) is 2. The molecule has 96 valence electrons. The Kier molecular flexibility index (Phi) is 5.73. The summed E-state index contributed by atoms with van der Waals surface area (Å²) in [4.78, 5) is 8.89. The van der Waals surface area contributed by atoms with Crippen LogP contribution >= 0.6 is 0 Å². The lowest BCUT2D eigenvalue weighted by Gasteiger charge is -2.13. The number of aromatic nitrogens is 2. The largest absolute Gasteiger partial charge is 0.370 e. The summed E-state index contributed by atoms with van der Waals surface area (Å²) < 4.78 is 0. The Bertz CT molecular complexity index is 350. The van der Waals surface area contributed by atoms with Crippen molar-refractivity contribution >= 4 is 11.6 Å². The van der Waals surface area contributed by atoms with Crippen molar-refractivity contribution in [2.45, 2.75) is 47.0 Å². The molecule has 0 unspecified atom stereocenters. The number of nitrogens with one attached hydrogen (secondary N) is 2. The summed E-state index contributed by atoms with van der Waals surface area (Å²) in [5, 5.41) is 6.72. The molecule has 17 heavy (non-hydrogen) atoms. The first-order chi connectivity index (χ1) is 8.19. The molecule has 1 aromatic rings. The maximum Gasteiger partial charge on any atom is 0.134 e. The first kappa shape index (κ1) is 13.7. The highest BCUT2D eigenvalue weighted by molar-refractivity contribution is 5.57. The summed E-state index contributed by atoms with van der Waals surface area (Å²) in [6, 6.07) is 0. The minimum absolute atomic E-state index is 0.813. The molecule has 1 rings (SSSR count). The van der Waals surface area contributed by atoms with E-state index in [4.69, 9.17) is 0 Å². The molecule has 0 atom stereocenters. The molecule has 0 aromatic carbocycles. The van der Waals surface area contributed by atoms with Gasteiger partial charge in [0.05, 0.1) is 0 Å². The fourth-order valence-corrected chi connectivity index (χ4v) is 1.60. The standard InChI is InChI=1S/C13H24N4/c1-5-7-9-15-13-10(3)12(14-8-6-2)16-11(4)17-13/h5-9H2,1-4H3,(H2,14,15,16,17). The fourth-order valence-electron chi connectivity index (χ4n) is 1.60. The lowest BCUT2D eigenvalue weighted by molar-refractivity contribution is 0.827. The molecule has 4 heteroatoms. The zero-order valence-electron chi connectivity index (χ0n) is 11.4.